The molecule has 0 N–H and O–H groups in total. The summed E-state index contributed by atoms with van der Waals surface area (Å²) in [5.41, 5.74) is 1.21. The zero-order chi connectivity index (χ0) is 14.8. The molecule has 1 aromatic carbocycles. The summed E-state index contributed by atoms with van der Waals surface area (Å²) in [5, 5.41) is 0. The van der Waals surface area contributed by atoms with Gasteiger partial charge in [-0.05, 0) is 37.3 Å². The van der Waals surface area contributed by atoms with E-state index in [4.69, 9.17) is 4.42 Å². The van der Waals surface area contributed by atoms with Gasteiger partial charge in [0.2, 0.25) is 5.91 Å². The van der Waals surface area contributed by atoms with Crippen LogP contribution >= 0.6 is 0 Å². The zero-order valence-electron chi connectivity index (χ0n) is 12.2. The third-order valence-electron chi connectivity index (χ3n) is 3.89. The lowest BCUT2D eigenvalue weighted by Crippen LogP contribution is -2.37. The third kappa shape index (κ3) is 3.01. The first kappa shape index (κ1) is 13.9. The first-order chi connectivity index (χ1) is 10.2. The topological polar surface area (TPSA) is 55.5 Å². The van der Waals surface area contributed by atoms with E-state index in [0.29, 0.717) is 17.0 Å². The van der Waals surface area contributed by atoms with Gasteiger partial charge in [0.25, 0.3) is 0 Å². The smallest absolute Gasteiger partial charge is 0.408 e. The van der Waals surface area contributed by atoms with Crippen molar-refractivity contribution in [3.05, 3.63) is 34.8 Å². The van der Waals surface area contributed by atoms with E-state index >= 15 is 0 Å². The fourth-order valence-electron chi connectivity index (χ4n) is 2.60. The Balaban J connectivity index is 1.81. The van der Waals surface area contributed by atoms with Gasteiger partial charge in [0.1, 0.15) is 6.54 Å². The summed E-state index contributed by atoms with van der Waals surface area (Å²) in [6.07, 6.45) is 3.35. The molecule has 1 amide bonds. The number of hydrogen-bond donors (Lipinski definition) is 0. The maximum Gasteiger partial charge on any atom is 0.420 e. The number of rotatable bonds is 6. The number of para-hydroxylation sites is 2. The second-order valence-electron chi connectivity index (χ2n) is 5.70. The molecule has 5 heteroatoms. The molecule has 0 atom stereocenters. The molecule has 3 rings (SSSR count). The number of hydrogen-bond acceptors (Lipinski definition) is 3. The van der Waals surface area contributed by atoms with Crippen LogP contribution in [0.5, 0.6) is 0 Å². The molecular formula is C16H20N2O3. The number of carbonyl (C=O) groups excluding carboxylic acids is 1. The number of aromatic nitrogens is 1. The molecule has 1 aromatic heterocycles. The van der Waals surface area contributed by atoms with E-state index in [0.717, 1.165) is 19.5 Å². The number of benzene rings is 1. The molecule has 21 heavy (non-hydrogen) atoms. The van der Waals surface area contributed by atoms with E-state index < -0.39 is 5.76 Å². The van der Waals surface area contributed by atoms with Crippen LogP contribution < -0.4 is 5.76 Å². The molecule has 0 unspecified atom stereocenters. The van der Waals surface area contributed by atoms with Crippen molar-refractivity contribution >= 4 is 17.0 Å². The van der Waals surface area contributed by atoms with Crippen LogP contribution in [0.2, 0.25) is 0 Å². The second kappa shape index (κ2) is 5.76. The summed E-state index contributed by atoms with van der Waals surface area (Å²) >= 11 is 0. The van der Waals surface area contributed by atoms with Crippen LogP contribution in [0.25, 0.3) is 11.1 Å². The highest BCUT2D eigenvalue weighted by Crippen LogP contribution is 2.29. The highest BCUT2D eigenvalue weighted by Gasteiger charge is 2.27. The van der Waals surface area contributed by atoms with Crippen LogP contribution in [-0.2, 0) is 11.3 Å². The van der Waals surface area contributed by atoms with Crippen LogP contribution in [0, 0.1) is 5.92 Å². The van der Waals surface area contributed by atoms with Crippen molar-refractivity contribution in [3.63, 3.8) is 0 Å². The normalized spacial score (nSPS) is 14.5. The molecule has 112 valence electrons. The summed E-state index contributed by atoms with van der Waals surface area (Å²) < 4.78 is 6.59. The molecule has 1 aliphatic carbocycles. The van der Waals surface area contributed by atoms with Crippen molar-refractivity contribution in [2.75, 3.05) is 13.1 Å². The van der Waals surface area contributed by atoms with Crippen LogP contribution in [0.15, 0.2) is 33.5 Å². The first-order valence-electron chi connectivity index (χ1n) is 7.55. The summed E-state index contributed by atoms with van der Waals surface area (Å²) in [5.74, 6) is 0.183. The van der Waals surface area contributed by atoms with E-state index in [-0.39, 0.29) is 12.5 Å². The van der Waals surface area contributed by atoms with Gasteiger partial charge in [0.05, 0.1) is 5.52 Å². The lowest BCUT2D eigenvalue weighted by atomic mass is 10.3. The predicted octanol–water partition coefficient (Wildman–Crippen LogP) is 2.24. The summed E-state index contributed by atoms with van der Waals surface area (Å²) in [7, 11) is 0. The molecular weight excluding hydrogens is 268 g/mol. The highest BCUT2D eigenvalue weighted by molar-refractivity contribution is 5.79. The molecule has 1 aliphatic rings. The Morgan fingerprint density at radius 2 is 2.14 bits per heavy atom. The van der Waals surface area contributed by atoms with Crippen LogP contribution in [0.4, 0.5) is 0 Å². The Morgan fingerprint density at radius 1 is 1.38 bits per heavy atom. The van der Waals surface area contributed by atoms with Crippen molar-refractivity contribution in [1.82, 2.24) is 9.47 Å². The van der Waals surface area contributed by atoms with Gasteiger partial charge in [-0.1, -0.05) is 19.1 Å². The summed E-state index contributed by atoms with van der Waals surface area (Å²) in [4.78, 5) is 26.3. The van der Waals surface area contributed by atoms with Crippen molar-refractivity contribution < 1.29 is 9.21 Å². The fraction of sp³-hybridized carbons (Fsp3) is 0.500. The molecule has 0 bridgehead atoms. The van der Waals surface area contributed by atoms with Gasteiger partial charge in [0.15, 0.2) is 5.58 Å². The summed E-state index contributed by atoms with van der Waals surface area (Å²) in [6, 6.07) is 7.20. The SMILES string of the molecule is CCCN(CC1CC1)C(=O)Cn1c(=O)oc2ccccc21. The molecule has 0 radical (unpaired) electrons. The maximum absolute atomic E-state index is 12.5. The van der Waals surface area contributed by atoms with E-state index in [2.05, 4.69) is 6.92 Å². The van der Waals surface area contributed by atoms with Gasteiger partial charge in [-0.2, -0.15) is 0 Å². The van der Waals surface area contributed by atoms with Crippen molar-refractivity contribution in [3.8, 4) is 0 Å². The average molecular weight is 288 g/mol. The Labute approximate surface area is 123 Å². The van der Waals surface area contributed by atoms with Crippen molar-refractivity contribution in [2.45, 2.75) is 32.7 Å². The summed E-state index contributed by atoms with van der Waals surface area (Å²) in [6.45, 7) is 3.69. The Hall–Kier alpha value is -2.04. The largest absolute Gasteiger partial charge is 0.420 e. The maximum atomic E-state index is 12.5. The third-order valence-corrected chi connectivity index (χ3v) is 3.89. The molecule has 0 aliphatic heterocycles. The Bertz CT molecular complexity index is 697. The quantitative estimate of drug-likeness (QED) is 0.819. The Morgan fingerprint density at radius 3 is 2.86 bits per heavy atom. The van der Waals surface area contributed by atoms with Crippen molar-refractivity contribution in [1.29, 1.82) is 0 Å². The lowest BCUT2D eigenvalue weighted by molar-refractivity contribution is -0.132. The van der Waals surface area contributed by atoms with Crippen LogP contribution in [0.1, 0.15) is 26.2 Å². The van der Waals surface area contributed by atoms with Gasteiger partial charge in [-0.3, -0.25) is 9.36 Å². The molecule has 0 spiro atoms. The van der Waals surface area contributed by atoms with Gasteiger partial charge in [-0.25, -0.2) is 4.79 Å². The molecule has 1 saturated carbocycles. The Kier molecular flexibility index (Phi) is 3.82. The van der Waals surface area contributed by atoms with Gasteiger partial charge in [-0.15, -0.1) is 0 Å². The van der Waals surface area contributed by atoms with E-state index in [9.17, 15) is 9.59 Å². The van der Waals surface area contributed by atoms with Gasteiger partial charge in [0, 0.05) is 13.1 Å². The second-order valence-corrected chi connectivity index (χ2v) is 5.70. The molecule has 5 nitrogen and oxygen atoms in total. The molecule has 1 heterocycles. The van der Waals surface area contributed by atoms with E-state index in [1.165, 1.54) is 17.4 Å². The average Bonchev–Trinajstić information content (AvgIpc) is 3.23. The highest BCUT2D eigenvalue weighted by atomic mass is 16.4. The molecule has 1 fully saturated rings. The first-order valence-corrected chi connectivity index (χ1v) is 7.55. The number of oxazole rings is 1. The molecule has 0 saturated heterocycles. The molecule has 2 aromatic rings. The van der Waals surface area contributed by atoms with Crippen LogP contribution in [0.3, 0.4) is 0 Å². The lowest BCUT2D eigenvalue weighted by Gasteiger charge is -2.22. The number of amides is 1. The van der Waals surface area contributed by atoms with Gasteiger partial charge < -0.3 is 9.32 Å². The van der Waals surface area contributed by atoms with E-state index in [1.807, 2.05) is 17.0 Å². The number of nitrogens with zero attached hydrogens (tertiary/aromatic N) is 2. The fourth-order valence-corrected chi connectivity index (χ4v) is 2.60. The van der Waals surface area contributed by atoms with E-state index in [1.54, 1.807) is 12.1 Å². The monoisotopic (exact) mass is 288 g/mol. The number of fused-ring (bicyclic) bond motifs is 1. The minimum Gasteiger partial charge on any atom is -0.408 e. The zero-order valence-corrected chi connectivity index (χ0v) is 12.2. The minimum absolute atomic E-state index is 0.00240. The predicted molar refractivity (Wildman–Crippen MR) is 80.1 cm³/mol. The minimum atomic E-state index is -0.465. The van der Waals surface area contributed by atoms with Crippen molar-refractivity contribution in [2.24, 2.45) is 5.92 Å². The van der Waals surface area contributed by atoms with Gasteiger partial charge >= 0.3 is 5.76 Å². The van der Waals surface area contributed by atoms with Crippen LogP contribution in [-0.4, -0.2) is 28.5 Å². The number of carbonyl (C=O) groups is 1. The standard InChI is InChI=1S/C16H20N2O3/c1-2-9-17(10-12-7-8-12)15(19)11-18-13-5-3-4-6-14(13)21-16(18)20/h3-6,12H,2,7-11H2,1H3.